The summed E-state index contributed by atoms with van der Waals surface area (Å²) in [6.45, 7) is 10.4. The fourth-order valence-electron chi connectivity index (χ4n) is 5.74. The number of rotatable bonds is 11. The summed E-state index contributed by atoms with van der Waals surface area (Å²) in [5.41, 5.74) is 4.03. The largest absolute Gasteiger partial charge is 0.447 e. The topological polar surface area (TPSA) is 150 Å². The third kappa shape index (κ3) is 9.26. The molecule has 0 radical (unpaired) electrons. The zero-order chi connectivity index (χ0) is 33.4. The lowest BCUT2D eigenvalue weighted by molar-refractivity contribution is -0.144. The van der Waals surface area contributed by atoms with Crippen molar-refractivity contribution in [2.45, 2.75) is 84.5 Å². The minimum atomic E-state index is -0.971. The van der Waals surface area contributed by atoms with E-state index >= 15 is 0 Å². The standard InChI is InChI=1S/C33H47N5O7S/c1-21(23-9-11-24(12-10-23)28-22(2)34-20-46-28)35-30(41)26-17-25(39)18-38(26)31(42)29(33(3,4)5)36-27(40)19-44-15-16-45-32(43)37-13-7-6-8-14-37/h9-12,20-21,25-26,29,39H,6-8,13-19H2,1-5H3,(H,35,41)(H,36,40)/t21-,25+,26-,29+/m0/s1. The normalized spacial score (nSPS) is 19.8. The maximum atomic E-state index is 13.8. The molecule has 13 heteroatoms. The van der Waals surface area contributed by atoms with Crippen molar-refractivity contribution in [2.24, 2.45) is 5.41 Å². The van der Waals surface area contributed by atoms with Crippen molar-refractivity contribution in [2.75, 3.05) is 39.5 Å². The average molecular weight is 658 g/mol. The van der Waals surface area contributed by atoms with Crippen LogP contribution in [0.3, 0.4) is 0 Å². The Labute approximate surface area is 274 Å². The van der Waals surface area contributed by atoms with E-state index in [0.29, 0.717) is 13.1 Å². The number of hydrogen-bond acceptors (Lipinski definition) is 9. The first-order chi connectivity index (χ1) is 21.8. The number of aliphatic hydroxyl groups excluding tert-OH is 1. The van der Waals surface area contributed by atoms with Crippen LogP contribution in [-0.2, 0) is 23.9 Å². The van der Waals surface area contributed by atoms with Gasteiger partial charge in [-0.1, -0.05) is 45.0 Å². The van der Waals surface area contributed by atoms with Gasteiger partial charge in [-0.2, -0.15) is 0 Å². The molecule has 4 rings (SSSR count). The van der Waals surface area contributed by atoms with E-state index in [1.807, 2.05) is 64.4 Å². The van der Waals surface area contributed by atoms with E-state index in [4.69, 9.17) is 9.47 Å². The summed E-state index contributed by atoms with van der Waals surface area (Å²) in [5, 5.41) is 16.2. The SMILES string of the molecule is Cc1ncsc1-c1ccc([C@H](C)NC(=O)[C@@H]2C[C@@H](O)CN2C(=O)[C@@H](NC(=O)COCCOC(=O)N2CCCCC2)C(C)(C)C)cc1. The first-order valence-electron chi connectivity index (χ1n) is 15.9. The van der Waals surface area contributed by atoms with E-state index in [0.717, 1.165) is 41.0 Å². The Balaban J connectivity index is 1.30. The molecule has 2 aliphatic heterocycles. The highest BCUT2D eigenvalue weighted by Gasteiger charge is 2.44. The molecule has 1 aromatic heterocycles. The van der Waals surface area contributed by atoms with E-state index in [9.17, 15) is 24.3 Å². The number of nitrogens with zero attached hydrogens (tertiary/aromatic N) is 3. The molecule has 1 aromatic carbocycles. The van der Waals surface area contributed by atoms with Gasteiger partial charge in [0.15, 0.2) is 0 Å². The van der Waals surface area contributed by atoms with Crippen molar-refractivity contribution in [1.82, 2.24) is 25.4 Å². The Morgan fingerprint density at radius 2 is 1.76 bits per heavy atom. The van der Waals surface area contributed by atoms with Crippen LogP contribution in [0.25, 0.3) is 10.4 Å². The molecule has 3 heterocycles. The summed E-state index contributed by atoms with van der Waals surface area (Å²) in [7, 11) is 0. The molecule has 2 aromatic rings. The molecule has 2 fully saturated rings. The maximum absolute atomic E-state index is 13.8. The molecule has 0 unspecified atom stereocenters. The number of benzene rings is 1. The van der Waals surface area contributed by atoms with Crippen LogP contribution in [0.5, 0.6) is 0 Å². The summed E-state index contributed by atoms with van der Waals surface area (Å²) >= 11 is 1.57. The Kier molecular flexibility index (Phi) is 12.2. The van der Waals surface area contributed by atoms with Gasteiger partial charge >= 0.3 is 6.09 Å². The highest BCUT2D eigenvalue weighted by atomic mass is 32.1. The number of piperidine rings is 1. The molecule has 0 saturated carbocycles. The van der Waals surface area contributed by atoms with Crippen LogP contribution in [0, 0.1) is 12.3 Å². The van der Waals surface area contributed by atoms with E-state index in [-0.39, 0.29) is 50.8 Å². The van der Waals surface area contributed by atoms with Crippen molar-refractivity contribution < 1.29 is 33.8 Å². The lowest BCUT2D eigenvalue weighted by atomic mass is 9.85. The molecular weight excluding hydrogens is 610 g/mol. The van der Waals surface area contributed by atoms with E-state index in [2.05, 4.69) is 15.6 Å². The second kappa shape index (κ2) is 15.8. The summed E-state index contributed by atoms with van der Waals surface area (Å²) in [5.74, 6) is -1.34. The number of aryl methyl sites for hydroxylation is 1. The van der Waals surface area contributed by atoms with Crippen molar-refractivity contribution in [3.63, 3.8) is 0 Å². The van der Waals surface area contributed by atoms with Gasteiger partial charge < -0.3 is 35.0 Å². The number of thiazole rings is 1. The highest BCUT2D eigenvalue weighted by molar-refractivity contribution is 7.13. The van der Waals surface area contributed by atoms with Crippen LogP contribution in [-0.4, -0.2) is 101 Å². The second-order valence-electron chi connectivity index (χ2n) is 13.1. The molecule has 46 heavy (non-hydrogen) atoms. The molecule has 4 amide bonds. The maximum Gasteiger partial charge on any atom is 0.409 e. The third-order valence-electron chi connectivity index (χ3n) is 8.36. The van der Waals surface area contributed by atoms with Crippen LogP contribution >= 0.6 is 11.3 Å². The van der Waals surface area contributed by atoms with Gasteiger partial charge in [0, 0.05) is 26.1 Å². The zero-order valence-corrected chi connectivity index (χ0v) is 28.2. The van der Waals surface area contributed by atoms with Gasteiger partial charge in [0.1, 0.15) is 25.3 Å². The van der Waals surface area contributed by atoms with Crippen LogP contribution in [0.4, 0.5) is 4.79 Å². The molecule has 12 nitrogen and oxygen atoms in total. The second-order valence-corrected chi connectivity index (χ2v) is 14.0. The van der Waals surface area contributed by atoms with Gasteiger partial charge in [-0.25, -0.2) is 9.78 Å². The molecule has 252 valence electrons. The average Bonchev–Trinajstić information content (AvgIpc) is 3.64. The van der Waals surface area contributed by atoms with Gasteiger partial charge in [-0.15, -0.1) is 11.3 Å². The molecule has 4 atom stereocenters. The number of ether oxygens (including phenoxy) is 2. The number of hydrogen-bond donors (Lipinski definition) is 3. The van der Waals surface area contributed by atoms with Crippen LogP contribution < -0.4 is 10.6 Å². The number of nitrogens with one attached hydrogen (secondary N) is 2. The zero-order valence-electron chi connectivity index (χ0n) is 27.4. The molecular formula is C33H47N5O7S. The number of amides is 4. The Hall–Kier alpha value is -3.55. The number of likely N-dealkylation sites (tertiary alicyclic amines) is 2. The van der Waals surface area contributed by atoms with Crippen molar-refractivity contribution >= 4 is 35.2 Å². The Morgan fingerprint density at radius 3 is 2.39 bits per heavy atom. The fourth-order valence-corrected chi connectivity index (χ4v) is 6.55. The van der Waals surface area contributed by atoms with E-state index < -0.39 is 35.4 Å². The Bertz CT molecular complexity index is 1350. The number of β-amino-alcohol motifs (C(OH)–C–C–N with tert-alkyl or cyclic N) is 1. The molecule has 0 bridgehead atoms. The summed E-state index contributed by atoms with van der Waals surface area (Å²) in [6, 6.07) is 5.70. The lowest BCUT2D eigenvalue weighted by Crippen LogP contribution is -2.58. The number of carbonyl (C=O) groups excluding carboxylic acids is 4. The number of aliphatic hydroxyl groups is 1. The van der Waals surface area contributed by atoms with E-state index in [1.165, 1.54) is 4.90 Å². The predicted molar refractivity (Wildman–Crippen MR) is 174 cm³/mol. The first-order valence-corrected chi connectivity index (χ1v) is 16.8. The van der Waals surface area contributed by atoms with Crippen molar-refractivity contribution in [3.8, 4) is 10.4 Å². The number of carbonyl (C=O) groups is 4. The quantitative estimate of drug-likeness (QED) is 0.311. The lowest BCUT2D eigenvalue weighted by Gasteiger charge is -2.35. The van der Waals surface area contributed by atoms with Crippen LogP contribution in [0.1, 0.15) is 70.7 Å². The summed E-state index contributed by atoms with van der Waals surface area (Å²) in [4.78, 5) is 60.7. The third-order valence-corrected chi connectivity index (χ3v) is 9.34. The van der Waals surface area contributed by atoms with Gasteiger partial charge in [0.25, 0.3) is 0 Å². The molecule has 2 saturated heterocycles. The molecule has 0 spiro atoms. The molecule has 2 aliphatic rings. The monoisotopic (exact) mass is 657 g/mol. The van der Waals surface area contributed by atoms with Gasteiger partial charge in [0.2, 0.25) is 17.7 Å². The predicted octanol–water partition coefficient (Wildman–Crippen LogP) is 3.43. The minimum Gasteiger partial charge on any atom is -0.447 e. The molecule has 0 aliphatic carbocycles. The van der Waals surface area contributed by atoms with Gasteiger partial charge in [-0.3, -0.25) is 14.4 Å². The van der Waals surface area contributed by atoms with Gasteiger partial charge in [-0.05, 0) is 49.7 Å². The van der Waals surface area contributed by atoms with E-state index in [1.54, 1.807) is 16.2 Å². The van der Waals surface area contributed by atoms with Gasteiger partial charge in [0.05, 0.1) is 34.8 Å². The smallest absolute Gasteiger partial charge is 0.409 e. The van der Waals surface area contributed by atoms with Crippen molar-refractivity contribution in [1.29, 1.82) is 0 Å². The Morgan fingerprint density at radius 1 is 1.07 bits per heavy atom. The van der Waals surface area contributed by atoms with Crippen LogP contribution in [0.15, 0.2) is 29.8 Å². The molecule has 3 N–H and O–H groups in total. The first kappa shape index (κ1) is 35.3. The summed E-state index contributed by atoms with van der Waals surface area (Å²) < 4.78 is 10.6. The number of aromatic nitrogens is 1. The minimum absolute atomic E-state index is 0.0149. The van der Waals surface area contributed by atoms with Crippen molar-refractivity contribution in [3.05, 3.63) is 41.0 Å². The summed E-state index contributed by atoms with van der Waals surface area (Å²) in [6.07, 6.45) is 1.87. The highest BCUT2D eigenvalue weighted by Crippen LogP contribution is 2.29. The van der Waals surface area contributed by atoms with Crippen LogP contribution in [0.2, 0.25) is 0 Å². The fraction of sp³-hybridized carbons (Fsp3) is 0.606.